The van der Waals surface area contributed by atoms with Gasteiger partial charge in [0.1, 0.15) is 37.3 Å². The van der Waals surface area contributed by atoms with Gasteiger partial charge in [-0.2, -0.15) is 0 Å². The summed E-state index contributed by atoms with van der Waals surface area (Å²) in [6.07, 6.45) is -0.680. The number of rotatable bonds is 22. The Hall–Kier alpha value is -8.49. The number of fused-ring (bicyclic) bond motifs is 5. The van der Waals surface area contributed by atoms with Crippen molar-refractivity contribution in [3.8, 4) is 11.4 Å². The molecule has 79 heavy (non-hydrogen) atoms. The van der Waals surface area contributed by atoms with Crippen LogP contribution in [0, 0.1) is 18.7 Å². The number of amides is 8. The van der Waals surface area contributed by atoms with Gasteiger partial charge in [0.05, 0.1) is 61.2 Å². The number of esters is 1. The smallest absolute Gasteiger partial charge is 0.343 e. The first-order valence-corrected chi connectivity index (χ1v) is 25.6. The highest BCUT2D eigenvalue weighted by molar-refractivity contribution is 6.07. The van der Waals surface area contributed by atoms with Crippen molar-refractivity contribution in [3.05, 3.63) is 97.6 Å². The van der Waals surface area contributed by atoms with Gasteiger partial charge in [-0.15, -0.1) is 0 Å². The number of carbonyl (C=O) groups is 10. The molecule has 6 atom stereocenters. The fraction of sp³-hybridized carbons (Fsp3) is 0.434. The monoisotopic (exact) mass is 1090 g/mol. The zero-order chi connectivity index (χ0) is 57.0. The number of nitrogens with one attached hydrogen (secondary N) is 7. The van der Waals surface area contributed by atoms with Crippen molar-refractivity contribution < 1.29 is 72.0 Å². The predicted molar refractivity (Wildman–Crippen MR) is 273 cm³/mol. The number of aryl methyl sites for hydroxylation is 1. The molecule has 2 aromatic heterocycles. The lowest BCUT2D eigenvalue weighted by Crippen LogP contribution is -2.56. The van der Waals surface area contributed by atoms with Gasteiger partial charge in [0.25, 0.3) is 5.56 Å². The zero-order valence-electron chi connectivity index (χ0n) is 43.5. The third kappa shape index (κ3) is 11.8. The van der Waals surface area contributed by atoms with E-state index in [9.17, 15) is 57.8 Å². The second kappa shape index (κ2) is 23.6. The second-order valence-corrected chi connectivity index (χ2v) is 19.7. The van der Waals surface area contributed by atoms with Crippen molar-refractivity contribution in [1.82, 2.24) is 51.7 Å². The van der Waals surface area contributed by atoms with E-state index in [-0.39, 0.29) is 49.1 Å². The van der Waals surface area contributed by atoms with Crippen LogP contribution in [0.4, 0.5) is 4.39 Å². The van der Waals surface area contributed by atoms with E-state index in [4.69, 9.17) is 19.6 Å². The fourth-order valence-electron chi connectivity index (χ4n) is 10.2. The molecule has 2 unspecified atom stereocenters. The molecule has 0 spiro atoms. The zero-order valence-corrected chi connectivity index (χ0v) is 43.5. The first-order valence-electron chi connectivity index (χ1n) is 25.6. The van der Waals surface area contributed by atoms with Gasteiger partial charge in [-0.3, -0.25) is 52.8 Å². The summed E-state index contributed by atoms with van der Waals surface area (Å²) in [7, 11) is 0. The Morgan fingerprint density at radius 2 is 1.59 bits per heavy atom. The fourth-order valence-corrected chi connectivity index (χ4v) is 10.2. The number of cyclic esters (lactones) is 1. The van der Waals surface area contributed by atoms with Crippen LogP contribution in [0.5, 0.6) is 0 Å². The van der Waals surface area contributed by atoms with Crippen LogP contribution >= 0.6 is 0 Å². The van der Waals surface area contributed by atoms with Crippen LogP contribution in [-0.2, 0) is 89.0 Å². The number of carboxylic acids is 1. The Morgan fingerprint density at radius 3 is 2.28 bits per heavy atom. The topological polar surface area (TPSA) is 352 Å². The van der Waals surface area contributed by atoms with Crippen molar-refractivity contribution >= 4 is 70.1 Å². The number of nitrogens with zero attached hydrogens (tertiary/aromatic N) is 3. The number of halogens is 1. The van der Waals surface area contributed by atoms with Crippen molar-refractivity contribution in [2.75, 3.05) is 39.5 Å². The van der Waals surface area contributed by atoms with Gasteiger partial charge in [-0.05, 0) is 61.4 Å². The van der Waals surface area contributed by atoms with Gasteiger partial charge in [0.15, 0.2) is 5.60 Å². The van der Waals surface area contributed by atoms with Crippen molar-refractivity contribution in [3.63, 3.8) is 0 Å². The minimum Gasteiger partial charge on any atom is -0.480 e. The predicted octanol–water partition coefficient (Wildman–Crippen LogP) is -1.38. The van der Waals surface area contributed by atoms with Gasteiger partial charge >= 0.3 is 11.9 Å². The molecule has 2 aromatic carbocycles. The first-order chi connectivity index (χ1) is 37.6. The summed E-state index contributed by atoms with van der Waals surface area (Å²) in [4.78, 5) is 148. The number of hydrogen-bond donors (Lipinski definition) is 9. The van der Waals surface area contributed by atoms with Crippen molar-refractivity contribution in [1.29, 1.82) is 0 Å². The highest BCUT2D eigenvalue weighted by atomic mass is 19.1. The molecule has 8 amide bonds. The van der Waals surface area contributed by atoms with Crippen LogP contribution in [0.2, 0.25) is 0 Å². The number of imide groups is 1. The average molecular weight is 1100 g/mol. The Balaban J connectivity index is 0.848. The number of aromatic nitrogens is 2. The number of aliphatic carboxylic acids is 1. The largest absolute Gasteiger partial charge is 0.480 e. The molecule has 3 aliphatic heterocycles. The van der Waals surface area contributed by atoms with Crippen LogP contribution in [0.25, 0.3) is 22.3 Å². The molecule has 1 aliphatic carbocycles. The van der Waals surface area contributed by atoms with Crippen molar-refractivity contribution in [2.24, 2.45) is 5.92 Å². The molecule has 26 heteroatoms. The molecule has 418 valence electrons. The van der Waals surface area contributed by atoms with E-state index in [1.807, 2.05) is 0 Å². The van der Waals surface area contributed by atoms with E-state index in [1.54, 1.807) is 50.2 Å². The molecule has 5 heterocycles. The van der Waals surface area contributed by atoms with Crippen LogP contribution in [0.3, 0.4) is 0 Å². The molecule has 9 N–H and O–H groups in total. The maximum absolute atomic E-state index is 15.4. The summed E-state index contributed by atoms with van der Waals surface area (Å²) in [5.41, 5.74) is 1.60. The lowest BCUT2D eigenvalue weighted by atomic mass is 9.81. The van der Waals surface area contributed by atoms with E-state index in [0.717, 1.165) is 4.90 Å². The molecular formula is C53H59FN10O15. The minimum absolute atomic E-state index is 0.0294. The maximum Gasteiger partial charge on any atom is 0.343 e. The van der Waals surface area contributed by atoms with Gasteiger partial charge in [0.2, 0.25) is 47.3 Å². The van der Waals surface area contributed by atoms with Crippen LogP contribution < -0.4 is 42.8 Å². The van der Waals surface area contributed by atoms with E-state index in [0.29, 0.717) is 57.4 Å². The summed E-state index contributed by atoms with van der Waals surface area (Å²) < 4.78 is 27.8. The van der Waals surface area contributed by atoms with Gasteiger partial charge < -0.3 is 61.5 Å². The number of aliphatic hydroxyl groups is 1. The van der Waals surface area contributed by atoms with Gasteiger partial charge in [-0.25, -0.2) is 14.2 Å². The van der Waals surface area contributed by atoms with E-state index >= 15 is 4.39 Å². The quantitative estimate of drug-likeness (QED) is 0.0219. The van der Waals surface area contributed by atoms with E-state index in [2.05, 4.69) is 37.2 Å². The molecule has 1 saturated heterocycles. The lowest BCUT2D eigenvalue weighted by molar-refractivity contribution is -0.172. The Labute approximate surface area is 449 Å². The molecule has 0 saturated carbocycles. The standard InChI is InChI=1S/C53H59FN10O15/c1-5-53(77)32-15-37-46-30(22-63(37)51(75)31(32)23-78-52(53)76)45-34(12-11-29-26(3)33(54)16-35(61-46)44(29)45)62-47(71)27(4)79-24-59-40(66)19-57-48(72)36(14-28-9-7-6-8-10-28)60-41(67)20-56-39(65)18-58-49(73)38(17-55-21-43(69)70)64-42(68)13-25(2)50(64)74/h6-10,15-16,25,27,34,36,38,55,77H,5,11-14,17-24H2,1-4H3,(H,56,65)(H,57,72)(H,58,73)(H,59,66)(H,60,67)(H,62,71)(H,69,70)/t25?,27-,34-,36-,38?,53-/m0/s1. The first kappa shape index (κ1) is 56.7. The number of carbonyl (C=O) groups excluding carboxylic acids is 9. The van der Waals surface area contributed by atoms with Crippen molar-refractivity contribution in [2.45, 2.75) is 103 Å². The number of benzene rings is 2. The molecule has 1 fully saturated rings. The highest BCUT2D eigenvalue weighted by Crippen LogP contribution is 2.46. The molecule has 4 aromatic rings. The molecule has 0 radical (unpaired) electrons. The van der Waals surface area contributed by atoms with Crippen LogP contribution in [-0.4, -0.2) is 142 Å². The van der Waals surface area contributed by atoms with Gasteiger partial charge in [0, 0.05) is 47.9 Å². The Kier molecular flexibility index (Phi) is 17.0. The molecular weight excluding hydrogens is 1040 g/mol. The van der Waals surface area contributed by atoms with Gasteiger partial charge in [-0.1, -0.05) is 44.2 Å². The normalized spacial score (nSPS) is 19.0. The molecule has 8 rings (SSSR count). The number of ether oxygens (including phenoxy) is 2. The third-order valence-corrected chi connectivity index (χ3v) is 14.5. The average Bonchev–Trinajstić information content (AvgIpc) is 4.19. The molecule has 25 nitrogen and oxygen atoms in total. The van der Waals surface area contributed by atoms with Crippen LogP contribution in [0.1, 0.15) is 85.0 Å². The Morgan fingerprint density at radius 1 is 0.899 bits per heavy atom. The minimum atomic E-state index is -2.07. The summed E-state index contributed by atoms with van der Waals surface area (Å²) in [5.74, 6) is -9.28. The molecule has 4 aliphatic rings. The summed E-state index contributed by atoms with van der Waals surface area (Å²) in [6.45, 7) is 2.52. The Bertz CT molecular complexity index is 3260. The second-order valence-electron chi connectivity index (χ2n) is 19.7. The lowest BCUT2D eigenvalue weighted by Gasteiger charge is -2.31. The number of hydrogen-bond acceptors (Lipinski definition) is 16. The number of carboxylic acid groups (broad SMARTS) is 1. The van der Waals surface area contributed by atoms with E-state index in [1.165, 1.54) is 24.5 Å². The summed E-state index contributed by atoms with van der Waals surface area (Å²) >= 11 is 0. The number of likely N-dealkylation sites (tertiary alicyclic amines) is 1. The van der Waals surface area contributed by atoms with Crippen LogP contribution in [0.15, 0.2) is 47.3 Å². The van der Waals surface area contributed by atoms with E-state index < -0.39 is 146 Å². The SMILES string of the molecule is CC[C@@]1(O)C(=O)OCc2c1cc1n(c2=O)Cc2c-1nc1cc(F)c(C)c3c1c2[C@@H](NC(=O)[C@H](C)OCNC(=O)CNC(=O)[C@H](Cc1ccccc1)NC(=O)CNC(=O)CNC(=O)C(CNCC(=O)O)N1C(=O)CC(C)C1=O)CC3. The third-order valence-electron chi connectivity index (χ3n) is 14.5. The summed E-state index contributed by atoms with van der Waals surface area (Å²) in [5, 5.41) is 38.5. The highest BCUT2D eigenvalue weighted by Gasteiger charge is 2.47. The summed E-state index contributed by atoms with van der Waals surface area (Å²) in [6, 6.07) is 8.04. The number of pyridine rings is 2. The molecule has 0 bridgehead atoms. The maximum atomic E-state index is 15.4.